The van der Waals surface area contributed by atoms with Crippen LogP contribution >= 0.6 is 15.9 Å². The van der Waals surface area contributed by atoms with Gasteiger partial charge in [-0.1, -0.05) is 70.5 Å². The van der Waals surface area contributed by atoms with Gasteiger partial charge in [0.15, 0.2) is 0 Å². The van der Waals surface area contributed by atoms with Crippen LogP contribution in [-0.2, 0) is 19.6 Å². The van der Waals surface area contributed by atoms with Crippen molar-refractivity contribution in [2.24, 2.45) is 0 Å². The largest absolute Gasteiger partial charge is 0.277 e. The van der Waals surface area contributed by atoms with E-state index in [0.717, 1.165) is 4.90 Å². The normalized spacial score (nSPS) is 14.5. The first-order valence-electron chi connectivity index (χ1n) is 10.0. The van der Waals surface area contributed by atoms with E-state index in [9.17, 15) is 18.0 Å². The Morgan fingerprint density at radius 3 is 2.00 bits per heavy atom. The maximum atomic E-state index is 13.5. The van der Waals surface area contributed by atoms with Crippen molar-refractivity contribution in [1.82, 2.24) is 8.87 Å². The van der Waals surface area contributed by atoms with Crippen LogP contribution in [0.1, 0.15) is 11.1 Å². The molecule has 164 valence electrons. The Morgan fingerprint density at radius 2 is 1.30 bits per heavy atom. The molecule has 0 aliphatic carbocycles. The number of likely N-dealkylation sites (N-methyl/N-ethyl adjacent to an activating group) is 1. The van der Waals surface area contributed by atoms with Crippen molar-refractivity contribution in [2.45, 2.75) is 4.90 Å². The second-order valence-electron chi connectivity index (χ2n) is 7.57. The summed E-state index contributed by atoms with van der Waals surface area (Å²) < 4.78 is 28.8. The number of rotatable bonds is 4. The number of carbonyl (C=O) groups is 2. The van der Waals surface area contributed by atoms with E-state index in [2.05, 4.69) is 15.9 Å². The number of imide groups is 1. The van der Waals surface area contributed by atoms with E-state index >= 15 is 0 Å². The zero-order valence-corrected chi connectivity index (χ0v) is 19.8. The van der Waals surface area contributed by atoms with Crippen LogP contribution in [-0.4, -0.2) is 36.2 Å². The van der Waals surface area contributed by atoms with Crippen LogP contribution in [0.2, 0.25) is 0 Å². The standard InChI is InChI=1S/C25H17BrN2O4S/c1-27-24(29)22(18-12-5-7-13-20(18)26)23(25(27)30)19-15-28(21-14-8-6-11-17(19)21)33(31,32)16-9-3-2-4-10-16/h2-15H,1H3. The fourth-order valence-corrected chi connectivity index (χ4v) is 5.93. The van der Waals surface area contributed by atoms with Gasteiger partial charge in [0.1, 0.15) is 0 Å². The van der Waals surface area contributed by atoms with Crippen LogP contribution in [0.5, 0.6) is 0 Å². The number of fused-ring (bicyclic) bond motifs is 1. The molecule has 0 unspecified atom stereocenters. The summed E-state index contributed by atoms with van der Waals surface area (Å²) in [5.74, 6) is -0.921. The van der Waals surface area contributed by atoms with E-state index in [1.165, 1.54) is 29.3 Å². The molecule has 1 aliphatic heterocycles. The quantitative estimate of drug-likeness (QED) is 0.370. The van der Waals surface area contributed by atoms with Crippen LogP contribution < -0.4 is 0 Å². The highest BCUT2D eigenvalue weighted by Gasteiger charge is 2.39. The third-order valence-electron chi connectivity index (χ3n) is 5.68. The third-order valence-corrected chi connectivity index (χ3v) is 8.06. The summed E-state index contributed by atoms with van der Waals surface area (Å²) in [6, 6.07) is 22.2. The number of hydrogen-bond donors (Lipinski definition) is 0. The highest BCUT2D eigenvalue weighted by Crippen LogP contribution is 2.41. The van der Waals surface area contributed by atoms with Gasteiger partial charge in [-0.15, -0.1) is 0 Å². The molecule has 6 nitrogen and oxygen atoms in total. The maximum Gasteiger partial charge on any atom is 0.268 e. The predicted molar refractivity (Wildman–Crippen MR) is 130 cm³/mol. The molecule has 5 rings (SSSR count). The second-order valence-corrected chi connectivity index (χ2v) is 10.2. The second kappa shape index (κ2) is 7.83. The minimum atomic E-state index is -3.93. The van der Waals surface area contributed by atoms with Gasteiger partial charge in [-0.25, -0.2) is 12.4 Å². The van der Waals surface area contributed by atoms with E-state index < -0.39 is 21.8 Å². The molecule has 2 heterocycles. The van der Waals surface area contributed by atoms with Gasteiger partial charge in [-0.2, -0.15) is 0 Å². The molecule has 4 aromatic rings. The molecule has 3 aromatic carbocycles. The summed E-state index contributed by atoms with van der Waals surface area (Å²) in [5, 5.41) is 0.563. The van der Waals surface area contributed by atoms with Crippen molar-refractivity contribution in [3.8, 4) is 0 Å². The Bertz CT molecular complexity index is 1590. The Hall–Kier alpha value is -3.49. The molecule has 0 bridgehead atoms. The van der Waals surface area contributed by atoms with Crippen molar-refractivity contribution in [3.63, 3.8) is 0 Å². The number of amides is 2. The van der Waals surface area contributed by atoms with Crippen molar-refractivity contribution in [2.75, 3.05) is 7.05 Å². The Kier molecular flexibility index (Phi) is 5.07. The molecule has 33 heavy (non-hydrogen) atoms. The summed E-state index contributed by atoms with van der Waals surface area (Å²) >= 11 is 3.47. The molecule has 0 saturated heterocycles. The number of carbonyl (C=O) groups excluding carboxylic acids is 2. The Labute approximate surface area is 198 Å². The lowest BCUT2D eigenvalue weighted by Gasteiger charge is -2.07. The number of hydrogen-bond acceptors (Lipinski definition) is 4. The van der Waals surface area contributed by atoms with Crippen LogP contribution in [0.3, 0.4) is 0 Å². The number of nitrogens with zero attached hydrogens (tertiary/aromatic N) is 2. The minimum Gasteiger partial charge on any atom is -0.277 e. The molecule has 1 aliphatic rings. The summed E-state index contributed by atoms with van der Waals surface area (Å²) in [4.78, 5) is 27.6. The molecule has 8 heteroatoms. The van der Waals surface area contributed by atoms with E-state index in [1.807, 2.05) is 6.07 Å². The zero-order chi connectivity index (χ0) is 23.3. The summed E-state index contributed by atoms with van der Waals surface area (Å²) in [7, 11) is -2.51. The van der Waals surface area contributed by atoms with E-state index in [1.54, 1.807) is 60.7 Å². The number of halogens is 1. The molecule has 0 atom stereocenters. The molecule has 2 amide bonds. The van der Waals surface area contributed by atoms with Gasteiger partial charge in [0, 0.05) is 34.2 Å². The van der Waals surface area contributed by atoms with Gasteiger partial charge >= 0.3 is 0 Å². The van der Waals surface area contributed by atoms with Crippen LogP contribution in [0.25, 0.3) is 22.0 Å². The molecule has 0 fully saturated rings. The van der Waals surface area contributed by atoms with E-state index in [-0.39, 0.29) is 16.0 Å². The van der Waals surface area contributed by atoms with Gasteiger partial charge in [0.2, 0.25) is 0 Å². The fourth-order valence-electron chi connectivity index (χ4n) is 4.06. The average Bonchev–Trinajstić information content (AvgIpc) is 3.31. The molecule has 0 saturated carbocycles. The molecular formula is C25H17BrN2O4S. The molecular weight excluding hydrogens is 504 g/mol. The molecule has 0 spiro atoms. The topological polar surface area (TPSA) is 76.5 Å². The highest BCUT2D eigenvalue weighted by atomic mass is 79.9. The smallest absolute Gasteiger partial charge is 0.268 e. The van der Waals surface area contributed by atoms with Crippen molar-refractivity contribution >= 4 is 59.8 Å². The fraction of sp³-hybridized carbons (Fsp3) is 0.0400. The first kappa shape index (κ1) is 21.4. The summed E-state index contributed by atoms with van der Waals surface area (Å²) in [6.07, 6.45) is 1.43. The summed E-state index contributed by atoms with van der Waals surface area (Å²) in [5.41, 5.74) is 1.78. The van der Waals surface area contributed by atoms with Crippen LogP contribution in [0.15, 0.2) is 94.4 Å². The highest BCUT2D eigenvalue weighted by molar-refractivity contribution is 9.10. The first-order valence-corrected chi connectivity index (χ1v) is 12.3. The Morgan fingerprint density at radius 1 is 0.727 bits per heavy atom. The number of para-hydroxylation sites is 1. The van der Waals surface area contributed by atoms with Crippen LogP contribution in [0, 0.1) is 0 Å². The van der Waals surface area contributed by atoms with E-state index in [0.29, 0.717) is 26.5 Å². The first-order chi connectivity index (χ1) is 15.8. The lowest BCUT2D eigenvalue weighted by molar-refractivity contribution is -0.134. The molecule has 0 N–H and O–H groups in total. The summed E-state index contributed by atoms with van der Waals surface area (Å²) in [6.45, 7) is 0. The van der Waals surface area contributed by atoms with Gasteiger partial charge in [0.25, 0.3) is 21.8 Å². The van der Waals surface area contributed by atoms with Crippen LogP contribution in [0.4, 0.5) is 0 Å². The Balaban J connectivity index is 1.85. The lowest BCUT2D eigenvalue weighted by Crippen LogP contribution is -2.26. The average molecular weight is 521 g/mol. The van der Waals surface area contributed by atoms with Gasteiger partial charge in [0.05, 0.1) is 21.6 Å². The monoisotopic (exact) mass is 520 g/mol. The minimum absolute atomic E-state index is 0.128. The van der Waals surface area contributed by atoms with Crippen molar-refractivity contribution in [3.05, 3.63) is 101 Å². The van der Waals surface area contributed by atoms with Gasteiger partial charge in [-0.05, 0) is 24.3 Å². The lowest BCUT2D eigenvalue weighted by atomic mass is 9.96. The van der Waals surface area contributed by atoms with Gasteiger partial charge < -0.3 is 0 Å². The third kappa shape index (κ3) is 3.25. The van der Waals surface area contributed by atoms with Crippen molar-refractivity contribution in [1.29, 1.82) is 0 Å². The van der Waals surface area contributed by atoms with Crippen molar-refractivity contribution < 1.29 is 18.0 Å². The maximum absolute atomic E-state index is 13.5. The predicted octanol–water partition coefficient (Wildman–Crippen LogP) is 4.55. The number of aromatic nitrogens is 1. The molecule has 0 radical (unpaired) electrons. The molecule has 1 aromatic heterocycles. The van der Waals surface area contributed by atoms with E-state index in [4.69, 9.17) is 0 Å². The SMILES string of the molecule is CN1C(=O)C(c2ccccc2Br)=C(c2cn(S(=O)(=O)c3ccccc3)c3ccccc23)C1=O. The van der Waals surface area contributed by atoms with Gasteiger partial charge in [-0.3, -0.25) is 14.5 Å². The zero-order valence-electron chi connectivity index (χ0n) is 17.4. The number of benzene rings is 3.